The molecule has 0 aliphatic heterocycles. The molecule has 1 aromatic rings. The second kappa shape index (κ2) is 9.33. The van der Waals surface area contributed by atoms with Crippen molar-refractivity contribution in [3.63, 3.8) is 0 Å². The van der Waals surface area contributed by atoms with Gasteiger partial charge in [-0.1, -0.05) is 32.8 Å². The molecule has 0 spiro atoms. The third-order valence-electron chi connectivity index (χ3n) is 3.01. The van der Waals surface area contributed by atoms with E-state index in [0.29, 0.717) is 23.9 Å². The second-order valence-electron chi connectivity index (χ2n) is 5.52. The van der Waals surface area contributed by atoms with Crippen LogP contribution in [0.5, 0.6) is 0 Å². The number of nitrogens with one attached hydrogen (secondary N) is 1. The van der Waals surface area contributed by atoms with Crippen LogP contribution in [0.4, 0.5) is 5.69 Å². The maximum Gasteiger partial charge on any atom is 0.212 e. The summed E-state index contributed by atoms with van der Waals surface area (Å²) in [5, 5.41) is 0. The van der Waals surface area contributed by atoms with Gasteiger partial charge >= 0.3 is 0 Å². The number of sulfonamides is 1. The average molecular weight is 331 g/mol. The molecule has 0 aromatic heterocycles. The maximum atomic E-state index is 11.8. The van der Waals surface area contributed by atoms with Gasteiger partial charge in [0, 0.05) is 22.9 Å². The minimum absolute atomic E-state index is 0.136. The fourth-order valence-electron chi connectivity index (χ4n) is 1.85. The van der Waals surface area contributed by atoms with E-state index in [1.54, 1.807) is 0 Å². The van der Waals surface area contributed by atoms with Crippen molar-refractivity contribution in [3.8, 4) is 0 Å². The first-order chi connectivity index (χ1) is 9.89. The molecule has 6 heteroatoms. The molecule has 21 heavy (non-hydrogen) atoms. The Morgan fingerprint density at radius 1 is 1.29 bits per heavy atom. The lowest BCUT2D eigenvalue weighted by Crippen LogP contribution is -2.28. The molecule has 0 aliphatic rings. The van der Waals surface area contributed by atoms with Crippen LogP contribution in [0.3, 0.4) is 0 Å². The van der Waals surface area contributed by atoms with Gasteiger partial charge in [0.2, 0.25) is 10.0 Å². The molecule has 0 amide bonds. The minimum atomic E-state index is -3.16. The highest BCUT2D eigenvalue weighted by Crippen LogP contribution is 2.20. The predicted octanol–water partition coefficient (Wildman–Crippen LogP) is 3.11. The largest absolute Gasteiger partial charge is 0.399 e. The lowest BCUT2D eigenvalue weighted by Gasteiger charge is -2.08. The Balaban J connectivity index is 2.20. The minimum Gasteiger partial charge on any atom is -0.399 e. The molecule has 0 atom stereocenters. The van der Waals surface area contributed by atoms with Crippen LogP contribution < -0.4 is 10.5 Å². The molecular weight excluding hydrogens is 304 g/mol. The van der Waals surface area contributed by atoms with Crippen molar-refractivity contribution < 1.29 is 8.42 Å². The molecule has 0 saturated heterocycles. The summed E-state index contributed by atoms with van der Waals surface area (Å²) >= 11 is 1.51. The number of unbranched alkanes of at least 4 members (excludes halogenated alkanes) is 1. The van der Waals surface area contributed by atoms with Gasteiger partial charge < -0.3 is 5.73 Å². The Hall–Kier alpha value is -0.720. The van der Waals surface area contributed by atoms with Crippen LogP contribution in [0, 0.1) is 5.92 Å². The van der Waals surface area contributed by atoms with Crippen molar-refractivity contribution in [1.29, 1.82) is 0 Å². The summed E-state index contributed by atoms with van der Waals surface area (Å²) in [7, 11) is -3.16. The van der Waals surface area contributed by atoms with Crippen molar-refractivity contribution in [1.82, 2.24) is 4.72 Å². The molecule has 1 aromatic carbocycles. The highest BCUT2D eigenvalue weighted by atomic mass is 32.2. The van der Waals surface area contributed by atoms with E-state index in [9.17, 15) is 8.42 Å². The monoisotopic (exact) mass is 330 g/mol. The quantitative estimate of drug-likeness (QED) is 0.393. The summed E-state index contributed by atoms with van der Waals surface area (Å²) in [6.45, 7) is 4.90. The van der Waals surface area contributed by atoms with Gasteiger partial charge in [-0.05, 0) is 30.5 Å². The first kappa shape index (κ1) is 18.3. The zero-order valence-electron chi connectivity index (χ0n) is 12.8. The van der Waals surface area contributed by atoms with Crippen LogP contribution >= 0.6 is 11.8 Å². The molecule has 0 fully saturated rings. The van der Waals surface area contributed by atoms with Gasteiger partial charge in [0.05, 0.1) is 5.75 Å². The van der Waals surface area contributed by atoms with E-state index >= 15 is 0 Å². The van der Waals surface area contributed by atoms with Gasteiger partial charge in [0.1, 0.15) is 0 Å². The number of nitrogens with two attached hydrogens (primary N) is 1. The van der Waals surface area contributed by atoms with Crippen LogP contribution in [0.25, 0.3) is 0 Å². The normalized spacial score (nSPS) is 12.0. The Morgan fingerprint density at radius 2 is 2.05 bits per heavy atom. The van der Waals surface area contributed by atoms with E-state index in [4.69, 9.17) is 5.73 Å². The molecule has 0 aliphatic carbocycles. The van der Waals surface area contributed by atoms with Crippen molar-refractivity contribution in [2.45, 2.75) is 38.0 Å². The van der Waals surface area contributed by atoms with Gasteiger partial charge in [-0.2, -0.15) is 0 Å². The summed E-state index contributed by atoms with van der Waals surface area (Å²) in [4.78, 5) is 1.00. The molecule has 0 bridgehead atoms. The van der Waals surface area contributed by atoms with Crippen LogP contribution in [-0.4, -0.2) is 26.5 Å². The van der Waals surface area contributed by atoms with Crippen LogP contribution in [0.15, 0.2) is 29.2 Å². The van der Waals surface area contributed by atoms with Gasteiger partial charge in [-0.15, -0.1) is 11.8 Å². The van der Waals surface area contributed by atoms with Gasteiger partial charge in [-0.25, -0.2) is 13.1 Å². The molecule has 3 N–H and O–H groups in total. The standard InChI is InChI=1S/C15H26N2O2S2/c1-13(2)6-3-4-9-17-21(18,19)11-10-20-15-8-5-7-14(16)12-15/h5,7-8,12-13,17H,3-4,6,9-11,16H2,1-2H3. The van der Waals surface area contributed by atoms with Crippen molar-refractivity contribution >= 4 is 27.5 Å². The second-order valence-corrected chi connectivity index (χ2v) is 8.62. The Bertz CT molecular complexity index is 516. The summed E-state index contributed by atoms with van der Waals surface area (Å²) in [6, 6.07) is 7.49. The lowest BCUT2D eigenvalue weighted by molar-refractivity contribution is 0.531. The Morgan fingerprint density at radius 3 is 2.71 bits per heavy atom. The predicted molar refractivity (Wildman–Crippen MR) is 92.1 cm³/mol. The summed E-state index contributed by atoms with van der Waals surface area (Å²) in [5.41, 5.74) is 6.39. The first-order valence-electron chi connectivity index (χ1n) is 7.35. The Kier molecular flexibility index (Phi) is 8.14. The number of thioether (sulfide) groups is 1. The maximum absolute atomic E-state index is 11.8. The van der Waals surface area contributed by atoms with Crippen molar-refractivity contribution in [2.24, 2.45) is 5.92 Å². The zero-order chi connectivity index (χ0) is 15.7. The lowest BCUT2D eigenvalue weighted by atomic mass is 10.1. The molecular formula is C15H26N2O2S2. The molecule has 0 heterocycles. The number of hydrogen-bond donors (Lipinski definition) is 2. The topological polar surface area (TPSA) is 72.2 Å². The molecule has 4 nitrogen and oxygen atoms in total. The summed E-state index contributed by atoms with van der Waals surface area (Å²) in [5.74, 6) is 1.35. The number of hydrogen-bond acceptors (Lipinski definition) is 4. The molecule has 0 radical (unpaired) electrons. The van der Waals surface area contributed by atoms with Crippen LogP contribution in [-0.2, 0) is 10.0 Å². The van der Waals surface area contributed by atoms with E-state index in [-0.39, 0.29) is 5.75 Å². The van der Waals surface area contributed by atoms with Gasteiger partial charge in [-0.3, -0.25) is 0 Å². The molecule has 0 unspecified atom stereocenters. The van der Waals surface area contributed by atoms with Gasteiger partial charge in [0.25, 0.3) is 0 Å². The molecule has 120 valence electrons. The number of anilines is 1. The van der Waals surface area contributed by atoms with E-state index in [1.165, 1.54) is 11.8 Å². The third-order valence-corrected chi connectivity index (χ3v) is 5.65. The number of rotatable bonds is 10. The summed E-state index contributed by atoms with van der Waals surface area (Å²) < 4.78 is 26.3. The molecule has 1 rings (SSSR count). The van der Waals surface area contributed by atoms with E-state index < -0.39 is 10.0 Å². The van der Waals surface area contributed by atoms with Crippen molar-refractivity contribution in [2.75, 3.05) is 23.8 Å². The number of nitrogen functional groups attached to an aromatic ring is 1. The average Bonchev–Trinajstić information content (AvgIpc) is 2.37. The number of benzene rings is 1. The first-order valence-corrected chi connectivity index (χ1v) is 9.98. The fraction of sp³-hybridized carbons (Fsp3) is 0.600. The van der Waals surface area contributed by atoms with E-state index in [2.05, 4.69) is 18.6 Å². The van der Waals surface area contributed by atoms with Crippen LogP contribution in [0.2, 0.25) is 0 Å². The van der Waals surface area contributed by atoms with E-state index in [1.807, 2.05) is 24.3 Å². The SMILES string of the molecule is CC(C)CCCCNS(=O)(=O)CCSc1cccc(N)c1. The van der Waals surface area contributed by atoms with Crippen LogP contribution in [0.1, 0.15) is 33.1 Å². The van der Waals surface area contributed by atoms with Crippen molar-refractivity contribution in [3.05, 3.63) is 24.3 Å². The highest BCUT2D eigenvalue weighted by molar-refractivity contribution is 8.00. The smallest absolute Gasteiger partial charge is 0.212 e. The van der Waals surface area contributed by atoms with Gasteiger partial charge in [0.15, 0.2) is 0 Å². The molecule has 0 saturated carbocycles. The van der Waals surface area contributed by atoms with E-state index in [0.717, 1.165) is 24.2 Å². The zero-order valence-corrected chi connectivity index (χ0v) is 14.5. The fourth-order valence-corrected chi connectivity index (χ4v) is 4.29. The third kappa shape index (κ3) is 9.01. The highest BCUT2D eigenvalue weighted by Gasteiger charge is 2.09. The Labute approximate surface area is 132 Å². The summed E-state index contributed by atoms with van der Waals surface area (Å²) in [6.07, 6.45) is 3.12.